The lowest BCUT2D eigenvalue weighted by atomic mass is 9.68. The van der Waals surface area contributed by atoms with Crippen molar-refractivity contribution >= 4 is 33.2 Å². The van der Waals surface area contributed by atoms with Crippen LogP contribution in [0.25, 0.3) is 0 Å². The summed E-state index contributed by atoms with van der Waals surface area (Å²) in [4.78, 5) is 15.4. The summed E-state index contributed by atoms with van der Waals surface area (Å²) in [7, 11) is -4.09. The van der Waals surface area contributed by atoms with Gasteiger partial charge in [0.1, 0.15) is 5.75 Å². The molecule has 1 saturated carbocycles. The standard InChI is InChI=1S/C32H39ClN2O6S/c1-3-6-29(37)26-11-8-23(26)17-35-19-32(14-5-7-21-15-24(33)10-12-27(21)32)20-41-30-13-9-22(16-28(30)35)31(38)34-42(39,40)18-25(36)4-2/h3-4,9-10,12-13,15-16,23,25-26,29,36-37H,1-2,5-8,11,14,17-20H2,(H,34,38)/t23-,25-,26+,29-,32-/m0/s1. The molecule has 0 saturated heterocycles. The lowest BCUT2D eigenvalue weighted by Crippen LogP contribution is -2.49. The van der Waals surface area contributed by atoms with Gasteiger partial charge in [-0.15, -0.1) is 13.2 Å². The molecule has 0 bridgehead atoms. The highest BCUT2D eigenvalue weighted by molar-refractivity contribution is 7.90. The molecule has 2 aromatic rings. The monoisotopic (exact) mass is 614 g/mol. The summed E-state index contributed by atoms with van der Waals surface area (Å²) in [5, 5.41) is 21.2. The lowest BCUT2D eigenvalue weighted by molar-refractivity contribution is 0.0178. The van der Waals surface area contributed by atoms with Crippen LogP contribution < -0.4 is 14.4 Å². The molecule has 5 rings (SSSR count). The van der Waals surface area contributed by atoms with Crippen molar-refractivity contribution in [3.05, 3.63) is 83.4 Å². The number of hydrogen-bond acceptors (Lipinski definition) is 7. The summed E-state index contributed by atoms with van der Waals surface area (Å²) in [6.45, 7) is 8.94. The first kappa shape index (κ1) is 30.6. The van der Waals surface area contributed by atoms with E-state index in [9.17, 15) is 23.4 Å². The van der Waals surface area contributed by atoms with E-state index in [1.165, 1.54) is 11.1 Å². The number of rotatable bonds is 10. The second-order valence-corrected chi connectivity index (χ2v) is 14.1. The first-order chi connectivity index (χ1) is 20.0. The minimum Gasteiger partial charge on any atom is -0.490 e. The summed E-state index contributed by atoms with van der Waals surface area (Å²) in [5.74, 6) is -0.429. The number of nitrogens with zero attached hydrogens (tertiary/aromatic N) is 1. The molecule has 2 aliphatic carbocycles. The van der Waals surface area contributed by atoms with Crippen molar-refractivity contribution in [2.75, 3.05) is 30.3 Å². The zero-order valence-electron chi connectivity index (χ0n) is 23.7. The molecule has 1 aliphatic heterocycles. The van der Waals surface area contributed by atoms with Crippen LogP contribution >= 0.6 is 11.6 Å². The molecule has 42 heavy (non-hydrogen) atoms. The van der Waals surface area contributed by atoms with Gasteiger partial charge in [-0.1, -0.05) is 29.8 Å². The Kier molecular flexibility index (Phi) is 9.04. The van der Waals surface area contributed by atoms with Crippen LogP contribution in [0.4, 0.5) is 5.69 Å². The van der Waals surface area contributed by atoms with Gasteiger partial charge in [-0.3, -0.25) is 4.79 Å². The molecule has 3 aliphatic rings. The number of carbonyl (C=O) groups is 1. The fraction of sp³-hybridized carbons (Fsp3) is 0.469. The number of aliphatic hydroxyl groups is 2. The number of hydrogen-bond donors (Lipinski definition) is 3. The van der Waals surface area contributed by atoms with Gasteiger partial charge >= 0.3 is 0 Å². The minimum absolute atomic E-state index is 0.150. The average Bonchev–Trinajstić information content (AvgIpc) is 3.07. The molecule has 3 N–H and O–H groups in total. The zero-order chi connectivity index (χ0) is 30.1. The number of ether oxygens (including phenoxy) is 1. The predicted molar refractivity (Wildman–Crippen MR) is 165 cm³/mol. The third-order valence-electron chi connectivity index (χ3n) is 9.04. The zero-order valence-corrected chi connectivity index (χ0v) is 25.2. The van der Waals surface area contributed by atoms with Crippen molar-refractivity contribution in [2.24, 2.45) is 11.8 Å². The first-order valence-corrected chi connectivity index (χ1v) is 16.5. The van der Waals surface area contributed by atoms with Crippen molar-refractivity contribution < 1.29 is 28.2 Å². The van der Waals surface area contributed by atoms with Crippen LogP contribution in [0.3, 0.4) is 0 Å². The van der Waals surface area contributed by atoms with Crippen LogP contribution in [-0.4, -0.2) is 62.2 Å². The number of sulfonamides is 1. The van der Waals surface area contributed by atoms with E-state index in [-0.39, 0.29) is 22.8 Å². The van der Waals surface area contributed by atoms with Gasteiger partial charge in [-0.2, -0.15) is 0 Å². The first-order valence-electron chi connectivity index (χ1n) is 14.5. The second kappa shape index (κ2) is 12.4. The lowest BCUT2D eigenvalue weighted by Gasteiger charge is -2.45. The van der Waals surface area contributed by atoms with Gasteiger partial charge in [0, 0.05) is 29.1 Å². The van der Waals surface area contributed by atoms with Gasteiger partial charge in [0.2, 0.25) is 10.0 Å². The van der Waals surface area contributed by atoms with E-state index in [1.807, 2.05) is 12.1 Å². The van der Waals surface area contributed by atoms with Crippen LogP contribution in [0.15, 0.2) is 61.7 Å². The molecule has 10 heteroatoms. The Morgan fingerprint density at radius 1 is 1.21 bits per heavy atom. The molecule has 1 spiro atoms. The van der Waals surface area contributed by atoms with Crippen LogP contribution in [-0.2, 0) is 21.9 Å². The Labute approximate surface area is 253 Å². The molecule has 0 unspecified atom stereocenters. The highest BCUT2D eigenvalue weighted by Gasteiger charge is 2.44. The quantitative estimate of drug-likeness (QED) is 0.340. The van der Waals surface area contributed by atoms with Crippen molar-refractivity contribution in [3.8, 4) is 5.75 Å². The number of benzene rings is 2. The topological polar surface area (TPSA) is 116 Å². The maximum Gasteiger partial charge on any atom is 0.264 e. The van der Waals surface area contributed by atoms with Gasteiger partial charge in [0.25, 0.3) is 5.91 Å². The number of fused-ring (bicyclic) bond motifs is 3. The fourth-order valence-electron chi connectivity index (χ4n) is 6.75. The van der Waals surface area contributed by atoms with Crippen molar-refractivity contribution in [2.45, 2.75) is 56.1 Å². The molecule has 5 atom stereocenters. The van der Waals surface area contributed by atoms with E-state index in [0.29, 0.717) is 42.6 Å². The summed E-state index contributed by atoms with van der Waals surface area (Å²) in [6, 6.07) is 11.0. The van der Waals surface area contributed by atoms with E-state index >= 15 is 0 Å². The maximum atomic E-state index is 13.1. The van der Waals surface area contributed by atoms with Gasteiger partial charge in [0.05, 0.1) is 30.3 Å². The largest absolute Gasteiger partial charge is 0.490 e. The van der Waals surface area contributed by atoms with E-state index in [1.54, 1.807) is 24.3 Å². The molecule has 226 valence electrons. The highest BCUT2D eigenvalue weighted by Crippen LogP contribution is 2.46. The number of nitrogens with one attached hydrogen (secondary N) is 1. The molecule has 8 nitrogen and oxygen atoms in total. The highest BCUT2D eigenvalue weighted by atomic mass is 35.5. The van der Waals surface area contributed by atoms with E-state index in [2.05, 4.69) is 28.8 Å². The summed E-state index contributed by atoms with van der Waals surface area (Å²) >= 11 is 6.36. The molecule has 1 heterocycles. The van der Waals surface area contributed by atoms with Crippen molar-refractivity contribution in [1.82, 2.24) is 4.72 Å². The van der Waals surface area contributed by atoms with E-state index < -0.39 is 33.9 Å². The predicted octanol–water partition coefficient (Wildman–Crippen LogP) is 4.38. The van der Waals surface area contributed by atoms with Crippen LogP contribution in [0.2, 0.25) is 5.02 Å². The Morgan fingerprint density at radius 3 is 2.74 bits per heavy atom. The van der Waals surface area contributed by atoms with Gasteiger partial charge in [-0.25, -0.2) is 13.1 Å². The third-order valence-corrected chi connectivity index (χ3v) is 10.6. The Hall–Kier alpha value is -2.85. The summed E-state index contributed by atoms with van der Waals surface area (Å²) < 4.78 is 33.5. The minimum atomic E-state index is -4.09. The van der Waals surface area contributed by atoms with Crippen LogP contribution in [0.1, 0.15) is 53.6 Å². The van der Waals surface area contributed by atoms with Gasteiger partial charge in [0.15, 0.2) is 0 Å². The normalized spacial score (nSPS) is 24.7. The molecular formula is C32H39ClN2O6S. The number of anilines is 1. The molecule has 0 radical (unpaired) electrons. The molecule has 1 amide bonds. The van der Waals surface area contributed by atoms with Crippen molar-refractivity contribution in [3.63, 3.8) is 0 Å². The summed E-state index contributed by atoms with van der Waals surface area (Å²) in [6.07, 6.45) is 6.44. The van der Waals surface area contributed by atoms with Crippen LogP contribution in [0, 0.1) is 11.8 Å². The summed E-state index contributed by atoms with van der Waals surface area (Å²) in [5.41, 5.74) is 3.02. The second-order valence-electron chi connectivity index (χ2n) is 11.9. The number of amides is 1. The Balaban J connectivity index is 1.49. The maximum absolute atomic E-state index is 13.1. The van der Waals surface area contributed by atoms with Gasteiger partial charge < -0.3 is 19.8 Å². The number of aliphatic hydroxyl groups excluding tert-OH is 2. The molecule has 2 aromatic carbocycles. The van der Waals surface area contributed by atoms with Gasteiger partial charge in [-0.05, 0) is 91.8 Å². The van der Waals surface area contributed by atoms with E-state index in [4.69, 9.17) is 16.3 Å². The number of carbonyl (C=O) groups excluding carboxylic acids is 1. The smallest absolute Gasteiger partial charge is 0.264 e. The van der Waals surface area contributed by atoms with Crippen molar-refractivity contribution in [1.29, 1.82) is 0 Å². The SMILES string of the molecule is C=CC[C@H](O)[C@@H]1CC[C@H]1CN1C[C@@]2(CCCc3cc(Cl)ccc32)COc2ccc(C(=O)NS(=O)(=O)C[C@@H](O)C=C)cc21. The van der Waals surface area contributed by atoms with Crippen LogP contribution in [0.5, 0.6) is 5.75 Å². The van der Waals surface area contributed by atoms with E-state index in [0.717, 1.165) is 38.2 Å². The Bertz CT molecular complexity index is 1460. The molecular weight excluding hydrogens is 576 g/mol. The fourth-order valence-corrected chi connectivity index (χ4v) is 8.01. The Morgan fingerprint density at radius 2 is 2.02 bits per heavy atom. The molecule has 1 fully saturated rings. The number of aryl methyl sites for hydroxylation is 1. The third kappa shape index (κ3) is 6.39. The number of halogens is 1. The molecule has 0 aromatic heterocycles. The average molecular weight is 615 g/mol.